The van der Waals surface area contributed by atoms with E-state index in [1.165, 1.54) is 4.68 Å². The van der Waals surface area contributed by atoms with E-state index in [1.54, 1.807) is 6.20 Å². The number of halogens is 1. The van der Waals surface area contributed by atoms with Gasteiger partial charge in [0, 0.05) is 36.9 Å². The monoisotopic (exact) mass is 790 g/mol. The zero-order valence-corrected chi connectivity index (χ0v) is 30.0. The number of phenolic OH excluding ortho intramolecular Hbond substituents is 7. The average molecular weight is 791 g/mol. The molecule has 0 radical (unpaired) electrons. The summed E-state index contributed by atoms with van der Waals surface area (Å²) in [5.41, 5.74) is 5.32. The number of fused-ring (bicyclic) bond motifs is 1. The summed E-state index contributed by atoms with van der Waals surface area (Å²) in [4.78, 5) is 13.4. The van der Waals surface area contributed by atoms with Crippen molar-refractivity contribution in [2.75, 3.05) is 66.0 Å². The van der Waals surface area contributed by atoms with Gasteiger partial charge in [0.1, 0.15) is 23.4 Å². The number of rotatable bonds is 21. The van der Waals surface area contributed by atoms with E-state index < -0.39 is 75.9 Å². The molecule has 1 aliphatic heterocycles. The first-order valence-corrected chi connectivity index (χ1v) is 17.4. The first kappa shape index (κ1) is 41.5. The van der Waals surface area contributed by atoms with Gasteiger partial charge in [0.05, 0.1) is 82.8 Å². The highest BCUT2D eigenvalue weighted by atomic mass is 19.1. The second-order valence-electron chi connectivity index (χ2n) is 12.3. The topological polar surface area (TPSA) is 280 Å². The fourth-order valence-corrected chi connectivity index (χ4v) is 5.61. The average Bonchev–Trinajstić information content (AvgIpc) is 3.62. The molecule has 3 aromatic carbocycles. The largest absolute Gasteiger partial charge is 0.508 e. The van der Waals surface area contributed by atoms with Crippen LogP contribution in [0.5, 0.6) is 46.0 Å². The van der Waals surface area contributed by atoms with Crippen LogP contribution in [-0.4, -0.2) is 129 Å². The maximum absolute atomic E-state index is 14.3. The van der Waals surface area contributed by atoms with Crippen molar-refractivity contribution >= 4 is 5.97 Å². The fraction of sp³-hybridized carbons (Fsp3) is 0.417. The third-order valence-electron chi connectivity index (χ3n) is 8.27. The maximum atomic E-state index is 14.3. The Bertz CT molecular complexity index is 1880. The van der Waals surface area contributed by atoms with E-state index in [4.69, 9.17) is 38.9 Å². The number of ether oxygens (including phenoxy) is 7. The number of phenols is 7. The van der Waals surface area contributed by atoms with Crippen LogP contribution >= 0.6 is 0 Å². The van der Waals surface area contributed by atoms with Gasteiger partial charge in [0.2, 0.25) is 0 Å². The summed E-state index contributed by atoms with van der Waals surface area (Å²) < 4.78 is 55.5. The van der Waals surface area contributed by atoms with Crippen molar-refractivity contribution in [3.05, 3.63) is 70.8 Å². The lowest BCUT2D eigenvalue weighted by Gasteiger charge is -2.39. The lowest BCUT2D eigenvalue weighted by atomic mass is 9.90. The van der Waals surface area contributed by atoms with Gasteiger partial charge in [-0.25, -0.2) is 13.9 Å². The summed E-state index contributed by atoms with van der Waals surface area (Å²) in [6.07, 6.45) is -2.35. The molecule has 4 aromatic rings. The first-order valence-electron chi connectivity index (χ1n) is 17.4. The predicted molar refractivity (Wildman–Crippen MR) is 188 cm³/mol. The smallest absolute Gasteiger partial charge is 0.338 e. The van der Waals surface area contributed by atoms with Gasteiger partial charge in [-0.3, -0.25) is 0 Å². The second-order valence-corrected chi connectivity index (χ2v) is 12.3. The van der Waals surface area contributed by atoms with Crippen molar-refractivity contribution in [3.63, 3.8) is 0 Å². The summed E-state index contributed by atoms with van der Waals surface area (Å²) in [5, 5.41) is 79.6. The van der Waals surface area contributed by atoms with Gasteiger partial charge in [-0.1, -0.05) is 5.21 Å². The number of esters is 1. The fourth-order valence-electron chi connectivity index (χ4n) is 5.61. The van der Waals surface area contributed by atoms with Gasteiger partial charge >= 0.3 is 5.97 Å². The summed E-state index contributed by atoms with van der Waals surface area (Å²) in [6.45, 7) is 3.75. The molecule has 304 valence electrons. The Morgan fingerprint density at radius 1 is 0.768 bits per heavy atom. The molecule has 3 unspecified atom stereocenters. The summed E-state index contributed by atoms with van der Waals surface area (Å²) >= 11 is 0. The van der Waals surface area contributed by atoms with Gasteiger partial charge in [0.25, 0.3) is 0 Å². The Hall–Kier alpha value is -5.64. The third-order valence-corrected chi connectivity index (χ3v) is 8.27. The molecule has 0 saturated heterocycles. The van der Waals surface area contributed by atoms with Gasteiger partial charge < -0.3 is 74.6 Å². The summed E-state index contributed by atoms with van der Waals surface area (Å²) in [7, 11) is 0. The van der Waals surface area contributed by atoms with Crippen LogP contribution in [0.25, 0.3) is 0 Å². The Balaban J connectivity index is 1.25. The van der Waals surface area contributed by atoms with Gasteiger partial charge in [0.15, 0.2) is 46.8 Å². The quantitative estimate of drug-likeness (QED) is 0.0341. The molecule has 19 nitrogen and oxygen atoms in total. The summed E-state index contributed by atoms with van der Waals surface area (Å²) in [5.74, 6) is -8.00. The standard InChI is InChI=1S/C36H43FN4O15/c37-24-13-21(16-26(44)31(24)47)36(49)56-35-33(20-14-27(45)32(48)28(46)15-20)55-29-18-23(42)17-25(43)30(29)34(35)54-6-3-41-19-22(39-40-41)1-4-50-7-9-52-11-12-53-10-8-51-5-2-38/h13-19,33-35,42-48H,1-12,38H2. The van der Waals surface area contributed by atoms with E-state index >= 15 is 0 Å². The molecule has 0 spiro atoms. The van der Waals surface area contributed by atoms with Crippen molar-refractivity contribution in [1.82, 2.24) is 15.0 Å². The SMILES string of the molecule is NCCOCCOCCOCCOCCc1cn(CCOC2c3c(O)cc(O)cc3OC(c3cc(O)c(O)c(O)c3)C2OC(=O)c2cc(O)c(O)c(F)c2)nn1. The molecule has 56 heavy (non-hydrogen) atoms. The molecule has 0 aliphatic carbocycles. The van der Waals surface area contributed by atoms with Gasteiger partial charge in [-0.15, -0.1) is 5.10 Å². The van der Waals surface area contributed by atoms with Crippen LogP contribution in [0.15, 0.2) is 42.6 Å². The van der Waals surface area contributed by atoms with Crippen LogP contribution in [0.4, 0.5) is 4.39 Å². The lowest BCUT2D eigenvalue weighted by molar-refractivity contribution is -0.112. The van der Waals surface area contributed by atoms with Crippen LogP contribution < -0.4 is 10.5 Å². The Morgan fingerprint density at radius 3 is 2.04 bits per heavy atom. The van der Waals surface area contributed by atoms with Crippen molar-refractivity contribution in [1.29, 1.82) is 0 Å². The van der Waals surface area contributed by atoms with Crippen LogP contribution in [0.2, 0.25) is 0 Å². The van der Waals surface area contributed by atoms with E-state index in [2.05, 4.69) is 10.3 Å². The van der Waals surface area contributed by atoms with E-state index in [0.29, 0.717) is 77.6 Å². The highest BCUT2D eigenvalue weighted by molar-refractivity contribution is 5.90. The highest BCUT2D eigenvalue weighted by Crippen LogP contribution is 2.51. The molecular weight excluding hydrogens is 747 g/mol. The number of aromatic nitrogens is 3. The van der Waals surface area contributed by atoms with Crippen LogP contribution in [0, 0.1) is 5.82 Å². The summed E-state index contributed by atoms with van der Waals surface area (Å²) in [6, 6.07) is 5.57. The molecule has 0 bridgehead atoms. The lowest BCUT2D eigenvalue weighted by Crippen LogP contribution is -2.40. The Kier molecular flexibility index (Phi) is 14.7. The first-order chi connectivity index (χ1) is 27.0. The molecular formula is C36H43FN4O15. The van der Waals surface area contributed by atoms with Crippen molar-refractivity contribution < 1.29 is 78.1 Å². The number of carbonyl (C=O) groups excluding carboxylic acids is 1. The second kappa shape index (κ2) is 19.8. The molecule has 1 aliphatic rings. The zero-order valence-electron chi connectivity index (χ0n) is 30.0. The van der Waals surface area contributed by atoms with Crippen LogP contribution in [0.3, 0.4) is 0 Å². The zero-order chi connectivity index (χ0) is 40.2. The number of nitrogens with two attached hydrogens (primary N) is 1. The van der Waals surface area contributed by atoms with E-state index in [9.17, 15) is 44.9 Å². The van der Waals surface area contributed by atoms with E-state index in [-0.39, 0.29) is 30.0 Å². The molecule has 0 amide bonds. The Morgan fingerprint density at radius 2 is 1.39 bits per heavy atom. The highest BCUT2D eigenvalue weighted by Gasteiger charge is 2.45. The normalized spacial score (nSPS) is 16.4. The molecule has 0 saturated carbocycles. The minimum Gasteiger partial charge on any atom is -0.508 e. The molecule has 2 heterocycles. The van der Waals surface area contributed by atoms with Crippen LogP contribution in [0.1, 0.15) is 39.4 Å². The molecule has 20 heteroatoms. The number of hydrogen-bond donors (Lipinski definition) is 8. The number of nitrogens with zero attached hydrogens (tertiary/aromatic N) is 3. The molecule has 3 atom stereocenters. The number of aromatic hydroxyl groups is 7. The molecule has 0 fully saturated rings. The minimum absolute atomic E-state index is 0.0543. The van der Waals surface area contributed by atoms with E-state index in [0.717, 1.165) is 30.3 Å². The van der Waals surface area contributed by atoms with Crippen molar-refractivity contribution in [2.24, 2.45) is 5.73 Å². The van der Waals surface area contributed by atoms with Crippen LogP contribution in [-0.2, 0) is 41.4 Å². The molecule has 5 rings (SSSR count). The predicted octanol–water partition coefficient (Wildman–Crippen LogP) is 2.04. The van der Waals surface area contributed by atoms with E-state index in [1.807, 2.05) is 0 Å². The number of hydrogen-bond acceptors (Lipinski definition) is 18. The number of benzene rings is 3. The third kappa shape index (κ3) is 10.8. The Labute approximate surface area is 318 Å². The van der Waals surface area contributed by atoms with Gasteiger partial charge in [-0.2, -0.15) is 0 Å². The minimum atomic E-state index is -1.59. The number of carbonyl (C=O) groups is 1. The maximum Gasteiger partial charge on any atom is 0.338 e. The van der Waals surface area contributed by atoms with Crippen molar-refractivity contribution in [2.45, 2.75) is 31.3 Å². The van der Waals surface area contributed by atoms with Crippen molar-refractivity contribution in [3.8, 4) is 46.0 Å². The van der Waals surface area contributed by atoms with Gasteiger partial charge in [-0.05, 0) is 24.3 Å². The molecule has 9 N–H and O–H groups in total. The molecule has 1 aromatic heterocycles.